The molecule has 4 heterocycles. The Morgan fingerprint density at radius 2 is 1.80 bits per heavy atom. The highest BCUT2D eigenvalue weighted by Gasteiger charge is 2.34. The molecule has 35 heavy (non-hydrogen) atoms. The van der Waals surface area contributed by atoms with Crippen LogP contribution in [0.15, 0.2) is 30.3 Å². The van der Waals surface area contributed by atoms with Crippen LogP contribution in [0.2, 0.25) is 0 Å². The molecule has 2 aliphatic rings. The number of fused-ring (bicyclic) bond motifs is 1. The first-order valence-corrected chi connectivity index (χ1v) is 13.4. The van der Waals surface area contributed by atoms with Crippen molar-refractivity contribution in [1.29, 1.82) is 0 Å². The molecule has 2 aliphatic heterocycles. The molecule has 2 aromatic heterocycles. The fourth-order valence-electron chi connectivity index (χ4n) is 5.01. The maximum atomic E-state index is 13.7. The highest BCUT2D eigenvalue weighted by Crippen LogP contribution is 2.33. The number of nitrogens with zero attached hydrogens (tertiary/aromatic N) is 4. The molecule has 0 radical (unpaired) electrons. The van der Waals surface area contributed by atoms with Crippen LogP contribution >= 0.6 is 0 Å². The molecule has 3 aromatic rings. The van der Waals surface area contributed by atoms with Crippen molar-refractivity contribution in [1.82, 2.24) is 19.7 Å². The third-order valence-corrected chi connectivity index (χ3v) is 8.70. The zero-order valence-corrected chi connectivity index (χ0v) is 20.1. The van der Waals surface area contributed by atoms with E-state index in [-0.39, 0.29) is 41.1 Å². The highest BCUT2D eigenvalue weighted by molar-refractivity contribution is 7.91. The summed E-state index contributed by atoms with van der Waals surface area (Å²) in [6.07, 6.45) is 1.42. The van der Waals surface area contributed by atoms with Crippen molar-refractivity contribution in [3.63, 3.8) is 0 Å². The van der Waals surface area contributed by atoms with E-state index >= 15 is 0 Å². The number of hydrogen-bond acceptors (Lipinski definition) is 6. The molecular formula is C24H26FN5O4S. The van der Waals surface area contributed by atoms with E-state index < -0.39 is 9.84 Å². The molecule has 0 spiro atoms. The van der Waals surface area contributed by atoms with Gasteiger partial charge in [-0.1, -0.05) is 0 Å². The molecule has 1 aromatic carbocycles. The van der Waals surface area contributed by atoms with Gasteiger partial charge in [0, 0.05) is 24.6 Å². The summed E-state index contributed by atoms with van der Waals surface area (Å²) in [5.74, 6) is -1.16. The number of carbonyl (C=O) groups excluding carboxylic acids is 2. The number of halogens is 1. The van der Waals surface area contributed by atoms with Gasteiger partial charge in [-0.15, -0.1) is 0 Å². The highest BCUT2D eigenvalue weighted by atomic mass is 32.2. The van der Waals surface area contributed by atoms with Crippen molar-refractivity contribution >= 4 is 32.7 Å². The first-order valence-electron chi connectivity index (χ1n) is 11.6. The maximum absolute atomic E-state index is 13.7. The van der Waals surface area contributed by atoms with Crippen molar-refractivity contribution in [2.24, 2.45) is 11.7 Å². The van der Waals surface area contributed by atoms with Gasteiger partial charge in [-0.3, -0.25) is 9.59 Å². The number of nitrogens with two attached hydrogens (primary N) is 1. The quantitative estimate of drug-likeness (QED) is 0.586. The Balaban J connectivity index is 1.62. The molecule has 0 unspecified atom stereocenters. The molecule has 2 N–H and O–H groups in total. The van der Waals surface area contributed by atoms with E-state index in [1.54, 1.807) is 34.7 Å². The second-order valence-electron chi connectivity index (χ2n) is 9.32. The summed E-state index contributed by atoms with van der Waals surface area (Å²) in [6, 6.07) is 7.13. The van der Waals surface area contributed by atoms with Gasteiger partial charge in [-0.05, 0) is 56.5 Å². The smallest absolute Gasteiger partial charge is 0.254 e. The van der Waals surface area contributed by atoms with E-state index in [1.165, 1.54) is 12.1 Å². The molecule has 1 atom stereocenters. The number of likely N-dealkylation sites (tertiary alicyclic amines) is 1. The Hall–Kier alpha value is -3.34. The molecule has 9 nitrogen and oxygen atoms in total. The summed E-state index contributed by atoms with van der Waals surface area (Å²) < 4.78 is 39.5. The van der Waals surface area contributed by atoms with E-state index in [0.717, 1.165) is 0 Å². The van der Waals surface area contributed by atoms with Crippen LogP contribution in [-0.2, 0) is 14.6 Å². The predicted molar refractivity (Wildman–Crippen MR) is 128 cm³/mol. The molecule has 0 saturated carbocycles. The lowest BCUT2D eigenvalue weighted by atomic mass is 9.95. The standard InChI is InChI=1S/C24H26FN5O4S/c1-14-21-19(24(32)29-9-6-16(7-10-29)22(26)31)12-20(15-2-4-17(25)5-3-15)27-23(21)30(28-14)18-8-11-35(33,34)13-18/h2-5,12,16,18H,6-11,13H2,1H3,(H2,26,31)/t18-/m0/s1. The van der Waals surface area contributed by atoms with Crippen LogP contribution < -0.4 is 5.73 Å². The van der Waals surface area contributed by atoms with Crippen LogP contribution in [0.25, 0.3) is 22.3 Å². The van der Waals surface area contributed by atoms with Gasteiger partial charge in [0.15, 0.2) is 15.5 Å². The zero-order chi connectivity index (χ0) is 24.9. The number of aryl methyl sites for hydroxylation is 1. The van der Waals surface area contributed by atoms with Gasteiger partial charge in [-0.2, -0.15) is 5.10 Å². The number of carbonyl (C=O) groups is 2. The summed E-state index contributed by atoms with van der Waals surface area (Å²) in [4.78, 5) is 31.7. The van der Waals surface area contributed by atoms with Gasteiger partial charge in [0.2, 0.25) is 5.91 Å². The summed E-state index contributed by atoms with van der Waals surface area (Å²) in [5.41, 5.74) is 7.94. The molecule has 0 aliphatic carbocycles. The minimum Gasteiger partial charge on any atom is -0.369 e. The second-order valence-corrected chi connectivity index (χ2v) is 11.5. The van der Waals surface area contributed by atoms with Crippen molar-refractivity contribution in [2.45, 2.75) is 32.2 Å². The second kappa shape index (κ2) is 8.71. The number of primary amides is 1. The van der Waals surface area contributed by atoms with Gasteiger partial charge < -0.3 is 10.6 Å². The van der Waals surface area contributed by atoms with Gasteiger partial charge in [-0.25, -0.2) is 22.5 Å². The number of hydrogen-bond donors (Lipinski definition) is 1. The Bertz CT molecular complexity index is 1430. The first kappa shape index (κ1) is 23.4. The lowest BCUT2D eigenvalue weighted by Crippen LogP contribution is -2.41. The molecule has 5 rings (SSSR count). The lowest BCUT2D eigenvalue weighted by Gasteiger charge is -2.30. The molecule has 0 bridgehead atoms. The van der Waals surface area contributed by atoms with Crippen LogP contribution in [0.1, 0.15) is 41.4 Å². The average molecular weight is 500 g/mol. The molecule has 2 fully saturated rings. The number of aromatic nitrogens is 3. The third kappa shape index (κ3) is 4.40. The fourth-order valence-corrected chi connectivity index (χ4v) is 6.70. The van der Waals surface area contributed by atoms with Crippen LogP contribution in [0.5, 0.6) is 0 Å². The number of rotatable bonds is 4. The molecule has 2 amide bonds. The Morgan fingerprint density at radius 1 is 1.11 bits per heavy atom. The van der Waals surface area contributed by atoms with Crippen LogP contribution in [0, 0.1) is 18.7 Å². The van der Waals surface area contributed by atoms with Gasteiger partial charge >= 0.3 is 0 Å². The largest absolute Gasteiger partial charge is 0.369 e. The summed E-state index contributed by atoms with van der Waals surface area (Å²) in [5, 5.41) is 5.18. The Morgan fingerprint density at radius 3 is 2.40 bits per heavy atom. The number of pyridine rings is 1. The van der Waals surface area contributed by atoms with Crippen molar-refractivity contribution < 1.29 is 22.4 Å². The van der Waals surface area contributed by atoms with Crippen LogP contribution in [-0.4, -0.2) is 64.5 Å². The van der Waals surface area contributed by atoms with E-state index in [1.807, 2.05) is 0 Å². The van der Waals surface area contributed by atoms with E-state index in [9.17, 15) is 22.4 Å². The molecular weight excluding hydrogens is 473 g/mol. The van der Waals surface area contributed by atoms with Crippen LogP contribution in [0.3, 0.4) is 0 Å². The van der Waals surface area contributed by atoms with E-state index in [4.69, 9.17) is 10.7 Å². The van der Waals surface area contributed by atoms with E-state index in [2.05, 4.69) is 5.10 Å². The number of benzene rings is 1. The predicted octanol–water partition coefficient (Wildman–Crippen LogP) is 2.24. The fraction of sp³-hybridized carbons (Fsp3) is 0.417. The summed E-state index contributed by atoms with van der Waals surface area (Å²) in [6.45, 7) is 2.57. The SMILES string of the molecule is Cc1nn([C@H]2CCS(=O)(=O)C2)c2nc(-c3ccc(F)cc3)cc(C(=O)N3CCC(C(N)=O)CC3)c12. The number of piperidine rings is 1. The normalized spacial score (nSPS) is 20.4. The summed E-state index contributed by atoms with van der Waals surface area (Å²) >= 11 is 0. The Labute approximate surface area is 202 Å². The topological polar surface area (TPSA) is 128 Å². The van der Waals surface area contributed by atoms with Gasteiger partial charge in [0.25, 0.3) is 5.91 Å². The molecule has 184 valence electrons. The maximum Gasteiger partial charge on any atom is 0.254 e. The summed E-state index contributed by atoms with van der Waals surface area (Å²) in [7, 11) is -3.17. The molecule has 2 saturated heterocycles. The zero-order valence-electron chi connectivity index (χ0n) is 19.3. The third-order valence-electron chi connectivity index (χ3n) is 6.95. The monoisotopic (exact) mass is 499 g/mol. The van der Waals surface area contributed by atoms with Gasteiger partial charge in [0.05, 0.1) is 39.9 Å². The van der Waals surface area contributed by atoms with Crippen molar-refractivity contribution in [2.75, 3.05) is 24.6 Å². The van der Waals surface area contributed by atoms with Gasteiger partial charge in [0.1, 0.15) is 5.82 Å². The first-order chi connectivity index (χ1) is 16.6. The Kier molecular flexibility index (Phi) is 5.82. The van der Waals surface area contributed by atoms with E-state index in [0.29, 0.717) is 65.9 Å². The minimum absolute atomic E-state index is 0.0322. The number of amides is 2. The molecule has 11 heteroatoms. The lowest BCUT2D eigenvalue weighted by molar-refractivity contribution is -0.123. The average Bonchev–Trinajstić information content (AvgIpc) is 3.37. The van der Waals surface area contributed by atoms with Crippen molar-refractivity contribution in [3.05, 3.63) is 47.4 Å². The van der Waals surface area contributed by atoms with Crippen molar-refractivity contribution in [3.8, 4) is 11.3 Å². The minimum atomic E-state index is -3.17. The number of sulfone groups is 1. The van der Waals surface area contributed by atoms with Crippen LogP contribution in [0.4, 0.5) is 4.39 Å².